The van der Waals surface area contributed by atoms with E-state index in [4.69, 9.17) is 16.3 Å². The number of hydrogen-bond donors (Lipinski definition) is 0. The zero-order valence-corrected chi connectivity index (χ0v) is 11.1. The molecule has 0 bridgehead atoms. The molecule has 0 aromatic rings. The summed E-state index contributed by atoms with van der Waals surface area (Å²) < 4.78 is 6.06. The lowest BCUT2D eigenvalue weighted by atomic mass is 9.81. The van der Waals surface area contributed by atoms with Gasteiger partial charge in [-0.15, -0.1) is 11.6 Å². The summed E-state index contributed by atoms with van der Waals surface area (Å²) >= 11 is 5.74. The number of alkyl halides is 1. The average molecular weight is 243 g/mol. The van der Waals surface area contributed by atoms with E-state index in [0.29, 0.717) is 0 Å². The molecule has 2 fully saturated rings. The van der Waals surface area contributed by atoms with Gasteiger partial charge in [0.2, 0.25) is 0 Å². The van der Waals surface area contributed by atoms with Crippen LogP contribution in [0.15, 0.2) is 11.6 Å². The van der Waals surface area contributed by atoms with Gasteiger partial charge in [0.25, 0.3) is 0 Å². The highest BCUT2D eigenvalue weighted by molar-refractivity contribution is 6.17. The third kappa shape index (κ3) is 2.81. The van der Waals surface area contributed by atoms with Gasteiger partial charge in [-0.05, 0) is 44.9 Å². The van der Waals surface area contributed by atoms with E-state index in [1.807, 2.05) is 0 Å². The van der Waals surface area contributed by atoms with Crippen LogP contribution >= 0.6 is 11.6 Å². The predicted molar refractivity (Wildman–Crippen MR) is 69.0 cm³/mol. The molecule has 2 rings (SSSR count). The molecular weight excluding hydrogens is 220 g/mol. The van der Waals surface area contributed by atoms with Crippen LogP contribution in [0.5, 0.6) is 0 Å². The Kier molecular flexibility index (Phi) is 4.32. The summed E-state index contributed by atoms with van der Waals surface area (Å²) in [5, 5.41) is 0. The van der Waals surface area contributed by atoms with Crippen molar-refractivity contribution in [2.75, 3.05) is 12.5 Å². The van der Waals surface area contributed by atoms with Gasteiger partial charge >= 0.3 is 0 Å². The van der Waals surface area contributed by atoms with E-state index in [9.17, 15) is 0 Å². The molecule has 0 aromatic heterocycles. The highest BCUT2D eigenvalue weighted by Crippen LogP contribution is 2.43. The molecule has 2 aliphatic rings. The number of rotatable bonds is 3. The van der Waals surface area contributed by atoms with Gasteiger partial charge in [-0.1, -0.05) is 24.5 Å². The second-order valence-electron chi connectivity index (χ2n) is 5.35. The summed E-state index contributed by atoms with van der Waals surface area (Å²) in [6.07, 6.45) is 11.1. The second kappa shape index (κ2) is 5.55. The average Bonchev–Trinajstić information content (AvgIpc) is 2.74. The second-order valence-corrected chi connectivity index (χ2v) is 5.73. The van der Waals surface area contributed by atoms with Gasteiger partial charge < -0.3 is 4.74 Å². The maximum Gasteiger partial charge on any atom is 0.0688 e. The van der Waals surface area contributed by atoms with Crippen molar-refractivity contribution in [3.8, 4) is 0 Å². The van der Waals surface area contributed by atoms with E-state index in [1.54, 1.807) is 0 Å². The van der Waals surface area contributed by atoms with Crippen LogP contribution in [0.3, 0.4) is 0 Å². The molecule has 1 spiro atoms. The topological polar surface area (TPSA) is 9.23 Å². The van der Waals surface area contributed by atoms with Gasteiger partial charge in [-0.3, -0.25) is 0 Å². The molecule has 1 atom stereocenters. The fourth-order valence-electron chi connectivity index (χ4n) is 3.23. The number of hydrogen-bond acceptors (Lipinski definition) is 1. The largest absolute Gasteiger partial charge is 0.375 e. The molecule has 1 heterocycles. The van der Waals surface area contributed by atoms with Gasteiger partial charge in [0.05, 0.1) is 5.60 Å². The molecular formula is C14H23ClO. The first kappa shape index (κ1) is 12.4. The molecule has 0 radical (unpaired) electrons. The molecule has 1 aliphatic heterocycles. The highest BCUT2D eigenvalue weighted by Gasteiger charge is 2.39. The lowest BCUT2D eigenvalue weighted by molar-refractivity contribution is -0.0869. The van der Waals surface area contributed by atoms with Crippen LogP contribution in [-0.4, -0.2) is 18.1 Å². The smallest absolute Gasteiger partial charge is 0.0688 e. The number of halogens is 1. The molecule has 0 aromatic carbocycles. The summed E-state index contributed by atoms with van der Waals surface area (Å²) in [6.45, 7) is 3.22. The maximum absolute atomic E-state index is 6.06. The van der Waals surface area contributed by atoms with Crippen molar-refractivity contribution in [1.82, 2.24) is 0 Å². The molecule has 1 saturated carbocycles. The van der Waals surface area contributed by atoms with E-state index in [-0.39, 0.29) is 5.60 Å². The van der Waals surface area contributed by atoms with Crippen molar-refractivity contribution in [2.24, 2.45) is 5.92 Å². The third-order valence-electron chi connectivity index (χ3n) is 4.23. The zero-order valence-electron chi connectivity index (χ0n) is 10.3. The van der Waals surface area contributed by atoms with Crippen LogP contribution in [0, 0.1) is 5.92 Å². The first-order chi connectivity index (χ1) is 7.76. The zero-order chi connectivity index (χ0) is 11.4. The van der Waals surface area contributed by atoms with Crippen LogP contribution in [0.1, 0.15) is 51.9 Å². The normalized spacial score (nSPS) is 29.9. The fraction of sp³-hybridized carbons (Fsp3) is 0.857. The Labute approximate surface area is 104 Å². The molecule has 1 nitrogen and oxygen atoms in total. The van der Waals surface area contributed by atoms with Crippen LogP contribution < -0.4 is 0 Å². The lowest BCUT2D eigenvalue weighted by Gasteiger charge is -2.38. The van der Waals surface area contributed by atoms with Gasteiger partial charge in [-0.25, -0.2) is 0 Å². The Morgan fingerprint density at radius 2 is 2.19 bits per heavy atom. The van der Waals surface area contributed by atoms with Crippen molar-refractivity contribution < 1.29 is 4.74 Å². The summed E-state index contributed by atoms with van der Waals surface area (Å²) in [4.78, 5) is 0. The minimum absolute atomic E-state index is 0.249. The summed E-state index contributed by atoms with van der Waals surface area (Å²) in [5.74, 6) is 1.49. The van der Waals surface area contributed by atoms with Gasteiger partial charge in [0.15, 0.2) is 0 Å². The summed E-state index contributed by atoms with van der Waals surface area (Å²) in [6, 6.07) is 0. The van der Waals surface area contributed by atoms with Crippen LogP contribution in [0.25, 0.3) is 0 Å². The first-order valence-electron chi connectivity index (χ1n) is 6.62. The molecule has 2 heteroatoms. The minimum atomic E-state index is 0.249. The molecule has 16 heavy (non-hydrogen) atoms. The molecule has 1 aliphatic carbocycles. The first-order valence-corrected chi connectivity index (χ1v) is 7.16. The molecule has 0 N–H and O–H groups in total. The van der Waals surface area contributed by atoms with E-state index >= 15 is 0 Å². The predicted octanol–water partition coefficient (Wildman–Crippen LogP) is 4.30. The molecule has 1 saturated heterocycles. The van der Waals surface area contributed by atoms with Gasteiger partial charge in [0, 0.05) is 12.5 Å². The Bertz CT molecular complexity index is 253. The van der Waals surface area contributed by atoms with E-state index in [1.165, 1.54) is 44.1 Å². The SMILES string of the molecule is CC(=CCCCl)C1CCOC2(CCCC2)C1. The Balaban J connectivity index is 1.95. The standard InChI is InChI=1S/C14H23ClO/c1-12(5-4-9-15)13-6-10-16-14(11-13)7-2-3-8-14/h5,13H,2-4,6-11H2,1H3. The summed E-state index contributed by atoms with van der Waals surface area (Å²) in [5.41, 5.74) is 1.79. The van der Waals surface area contributed by atoms with Crippen LogP contribution in [0.4, 0.5) is 0 Å². The molecule has 1 unspecified atom stereocenters. The monoisotopic (exact) mass is 242 g/mol. The Morgan fingerprint density at radius 3 is 2.88 bits per heavy atom. The summed E-state index contributed by atoms with van der Waals surface area (Å²) in [7, 11) is 0. The van der Waals surface area contributed by atoms with Gasteiger partial charge in [0.1, 0.15) is 0 Å². The van der Waals surface area contributed by atoms with Crippen molar-refractivity contribution in [2.45, 2.75) is 57.5 Å². The highest BCUT2D eigenvalue weighted by atomic mass is 35.5. The Morgan fingerprint density at radius 1 is 1.44 bits per heavy atom. The minimum Gasteiger partial charge on any atom is -0.375 e. The van der Waals surface area contributed by atoms with Crippen molar-refractivity contribution >= 4 is 11.6 Å². The van der Waals surface area contributed by atoms with Crippen LogP contribution in [-0.2, 0) is 4.74 Å². The van der Waals surface area contributed by atoms with Crippen LogP contribution in [0.2, 0.25) is 0 Å². The third-order valence-corrected chi connectivity index (χ3v) is 4.45. The lowest BCUT2D eigenvalue weighted by Crippen LogP contribution is -2.37. The van der Waals surface area contributed by atoms with E-state index in [2.05, 4.69) is 13.0 Å². The van der Waals surface area contributed by atoms with E-state index in [0.717, 1.165) is 24.8 Å². The number of ether oxygens (including phenoxy) is 1. The van der Waals surface area contributed by atoms with E-state index < -0.39 is 0 Å². The van der Waals surface area contributed by atoms with Crippen molar-refractivity contribution in [3.05, 3.63) is 11.6 Å². The van der Waals surface area contributed by atoms with Crippen molar-refractivity contribution in [1.29, 1.82) is 0 Å². The molecule has 92 valence electrons. The van der Waals surface area contributed by atoms with Crippen molar-refractivity contribution in [3.63, 3.8) is 0 Å². The quantitative estimate of drug-likeness (QED) is 0.530. The maximum atomic E-state index is 6.06. The Hall–Kier alpha value is -0.0100. The van der Waals surface area contributed by atoms with Gasteiger partial charge in [-0.2, -0.15) is 0 Å². The molecule has 0 amide bonds. The number of allylic oxidation sites excluding steroid dienone is 2. The fourth-order valence-corrected chi connectivity index (χ4v) is 3.34.